The standard InChI is InChI=1S/C17H31NO2.C2H6/c1-6-8-17(9-7-14(4)10-13(2)3)11-15(19)18(5)16(20)12-17;1-2/h13-14H,6-12H2,1-5H3;1-2H3. The van der Waals surface area contributed by atoms with Crippen LogP contribution in [-0.2, 0) is 9.59 Å². The van der Waals surface area contributed by atoms with Gasteiger partial charge in [-0.3, -0.25) is 14.5 Å². The van der Waals surface area contributed by atoms with Crippen molar-refractivity contribution in [3.8, 4) is 0 Å². The van der Waals surface area contributed by atoms with Crippen molar-refractivity contribution in [1.82, 2.24) is 4.90 Å². The normalized spacial score (nSPS) is 19.0. The summed E-state index contributed by atoms with van der Waals surface area (Å²) in [4.78, 5) is 25.4. The molecule has 1 rings (SSSR count). The average molecular weight is 312 g/mol. The molecule has 2 amide bonds. The van der Waals surface area contributed by atoms with E-state index in [4.69, 9.17) is 0 Å². The smallest absolute Gasteiger partial charge is 0.229 e. The number of hydrogen-bond acceptors (Lipinski definition) is 2. The highest BCUT2D eigenvalue weighted by molar-refractivity contribution is 5.98. The van der Waals surface area contributed by atoms with E-state index in [0.717, 1.165) is 25.7 Å². The number of carbonyl (C=O) groups is 2. The molecule has 0 radical (unpaired) electrons. The van der Waals surface area contributed by atoms with Gasteiger partial charge in [0.05, 0.1) is 0 Å². The lowest BCUT2D eigenvalue weighted by molar-refractivity contribution is -0.152. The first-order valence-corrected chi connectivity index (χ1v) is 9.09. The molecule has 1 aliphatic heterocycles. The van der Waals surface area contributed by atoms with Crippen molar-refractivity contribution in [2.75, 3.05) is 7.05 Å². The summed E-state index contributed by atoms with van der Waals surface area (Å²) < 4.78 is 0. The van der Waals surface area contributed by atoms with Gasteiger partial charge in [0, 0.05) is 19.9 Å². The Morgan fingerprint density at radius 1 is 1.05 bits per heavy atom. The van der Waals surface area contributed by atoms with Crippen molar-refractivity contribution in [2.45, 2.75) is 86.5 Å². The van der Waals surface area contributed by atoms with Gasteiger partial charge in [-0.05, 0) is 36.5 Å². The second-order valence-electron chi connectivity index (χ2n) is 7.22. The maximum absolute atomic E-state index is 12.0. The molecule has 0 aromatic carbocycles. The zero-order valence-electron chi connectivity index (χ0n) is 15.9. The molecule has 130 valence electrons. The van der Waals surface area contributed by atoms with Crippen LogP contribution in [0, 0.1) is 17.3 Å². The highest BCUT2D eigenvalue weighted by Gasteiger charge is 2.41. The third-order valence-electron chi connectivity index (χ3n) is 4.62. The fourth-order valence-corrected chi connectivity index (χ4v) is 3.56. The highest BCUT2D eigenvalue weighted by atomic mass is 16.2. The monoisotopic (exact) mass is 311 g/mol. The molecule has 1 saturated heterocycles. The van der Waals surface area contributed by atoms with Gasteiger partial charge in [0.25, 0.3) is 0 Å². The molecule has 1 atom stereocenters. The molecule has 1 heterocycles. The third-order valence-corrected chi connectivity index (χ3v) is 4.62. The number of rotatable bonds is 7. The van der Waals surface area contributed by atoms with E-state index in [0.29, 0.717) is 24.7 Å². The minimum Gasteiger partial charge on any atom is -0.286 e. The Morgan fingerprint density at radius 3 is 1.95 bits per heavy atom. The Morgan fingerprint density at radius 2 is 1.55 bits per heavy atom. The topological polar surface area (TPSA) is 37.4 Å². The molecule has 22 heavy (non-hydrogen) atoms. The Bertz CT molecular complexity index is 331. The molecule has 0 N–H and O–H groups in total. The average Bonchev–Trinajstić information content (AvgIpc) is 2.44. The lowest BCUT2D eigenvalue weighted by Crippen LogP contribution is -2.46. The van der Waals surface area contributed by atoms with Gasteiger partial charge >= 0.3 is 0 Å². The number of amides is 2. The van der Waals surface area contributed by atoms with E-state index in [1.54, 1.807) is 7.05 Å². The van der Waals surface area contributed by atoms with Crippen molar-refractivity contribution in [1.29, 1.82) is 0 Å². The van der Waals surface area contributed by atoms with Crippen LogP contribution in [0.15, 0.2) is 0 Å². The predicted molar refractivity (Wildman–Crippen MR) is 93.6 cm³/mol. The summed E-state index contributed by atoms with van der Waals surface area (Å²) in [7, 11) is 1.61. The molecule has 0 aliphatic carbocycles. The molecular formula is C19H37NO2. The van der Waals surface area contributed by atoms with E-state index in [1.807, 2.05) is 13.8 Å². The molecule has 0 saturated carbocycles. The summed E-state index contributed by atoms with van der Waals surface area (Å²) in [6, 6.07) is 0. The molecule has 0 aromatic heterocycles. The van der Waals surface area contributed by atoms with Gasteiger partial charge in [-0.1, -0.05) is 54.4 Å². The van der Waals surface area contributed by atoms with E-state index < -0.39 is 0 Å². The van der Waals surface area contributed by atoms with Crippen LogP contribution in [0.3, 0.4) is 0 Å². The summed E-state index contributed by atoms with van der Waals surface area (Å²) in [5.41, 5.74) is -0.0688. The lowest BCUT2D eigenvalue weighted by atomic mass is 9.70. The van der Waals surface area contributed by atoms with E-state index in [9.17, 15) is 9.59 Å². The SMILES string of the molecule is CC.CCCC1(CCC(C)CC(C)C)CC(=O)N(C)C(=O)C1. The Kier molecular flexibility index (Phi) is 9.63. The van der Waals surface area contributed by atoms with Crippen LogP contribution < -0.4 is 0 Å². The first kappa shape index (κ1) is 21.1. The van der Waals surface area contributed by atoms with Gasteiger partial charge in [0.15, 0.2) is 0 Å². The first-order valence-electron chi connectivity index (χ1n) is 9.09. The Hall–Kier alpha value is -0.860. The molecule has 1 aliphatic rings. The molecule has 1 fully saturated rings. The van der Waals surface area contributed by atoms with Crippen LogP contribution in [0.1, 0.15) is 86.5 Å². The molecule has 3 nitrogen and oxygen atoms in total. The number of carbonyl (C=O) groups excluding carboxylic acids is 2. The van der Waals surface area contributed by atoms with E-state index >= 15 is 0 Å². The van der Waals surface area contributed by atoms with E-state index in [-0.39, 0.29) is 17.2 Å². The van der Waals surface area contributed by atoms with Gasteiger partial charge in [-0.25, -0.2) is 0 Å². The minimum atomic E-state index is -0.0688. The molecule has 1 unspecified atom stereocenters. The van der Waals surface area contributed by atoms with E-state index in [1.165, 1.54) is 11.3 Å². The third kappa shape index (κ3) is 6.50. The number of hydrogen-bond donors (Lipinski definition) is 0. The Labute approximate surface area is 137 Å². The number of nitrogens with zero attached hydrogens (tertiary/aromatic N) is 1. The molecule has 0 bridgehead atoms. The zero-order chi connectivity index (χ0) is 17.3. The second kappa shape index (κ2) is 10.0. The summed E-state index contributed by atoms with van der Waals surface area (Å²) in [6.07, 6.45) is 6.51. The maximum atomic E-state index is 12.0. The first-order chi connectivity index (χ1) is 10.3. The molecule has 0 aromatic rings. The molecule has 0 spiro atoms. The largest absolute Gasteiger partial charge is 0.286 e. The number of piperidine rings is 1. The van der Waals surface area contributed by atoms with Crippen LogP contribution in [0.5, 0.6) is 0 Å². The lowest BCUT2D eigenvalue weighted by Gasteiger charge is -2.39. The van der Waals surface area contributed by atoms with Gasteiger partial charge in [-0.15, -0.1) is 0 Å². The maximum Gasteiger partial charge on any atom is 0.229 e. The summed E-state index contributed by atoms with van der Waals surface area (Å²) in [5, 5.41) is 0. The quantitative estimate of drug-likeness (QED) is 0.618. The van der Waals surface area contributed by atoms with Crippen molar-refractivity contribution in [2.24, 2.45) is 17.3 Å². The molecular weight excluding hydrogens is 274 g/mol. The van der Waals surface area contributed by atoms with Crippen molar-refractivity contribution < 1.29 is 9.59 Å². The fourth-order valence-electron chi connectivity index (χ4n) is 3.56. The van der Waals surface area contributed by atoms with Crippen LogP contribution >= 0.6 is 0 Å². The fraction of sp³-hybridized carbons (Fsp3) is 0.895. The van der Waals surface area contributed by atoms with Gasteiger partial charge < -0.3 is 0 Å². The van der Waals surface area contributed by atoms with Crippen LogP contribution in [0.25, 0.3) is 0 Å². The van der Waals surface area contributed by atoms with E-state index in [2.05, 4.69) is 27.7 Å². The number of likely N-dealkylation sites (tertiary alicyclic amines) is 1. The van der Waals surface area contributed by atoms with Crippen LogP contribution in [0.2, 0.25) is 0 Å². The second-order valence-corrected chi connectivity index (χ2v) is 7.22. The number of imide groups is 1. The summed E-state index contributed by atoms with van der Waals surface area (Å²) in [5.74, 6) is 1.40. The van der Waals surface area contributed by atoms with Crippen molar-refractivity contribution >= 4 is 11.8 Å². The van der Waals surface area contributed by atoms with Crippen molar-refractivity contribution in [3.05, 3.63) is 0 Å². The van der Waals surface area contributed by atoms with Gasteiger partial charge in [-0.2, -0.15) is 0 Å². The molecule has 3 heteroatoms. The summed E-state index contributed by atoms with van der Waals surface area (Å²) in [6.45, 7) is 12.9. The zero-order valence-corrected chi connectivity index (χ0v) is 15.9. The van der Waals surface area contributed by atoms with Gasteiger partial charge in [0.2, 0.25) is 11.8 Å². The van der Waals surface area contributed by atoms with Crippen LogP contribution in [-0.4, -0.2) is 23.8 Å². The Balaban J connectivity index is 0.00000211. The van der Waals surface area contributed by atoms with Gasteiger partial charge in [0.1, 0.15) is 0 Å². The van der Waals surface area contributed by atoms with Crippen molar-refractivity contribution in [3.63, 3.8) is 0 Å². The highest BCUT2D eigenvalue weighted by Crippen LogP contribution is 2.42. The predicted octanol–water partition coefficient (Wildman–Crippen LogP) is 5.04. The van der Waals surface area contributed by atoms with Crippen LogP contribution in [0.4, 0.5) is 0 Å². The summed E-state index contributed by atoms with van der Waals surface area (Å²) >= 11 is 0. The minimum absolute atomic E-state index is 0.00575.